The van der Waals surface area contributed by atoms with Gasteiger partial charge in [-0.3, -0.25) is 4.79 Å². The van der Waals surface area contributed by atoms with Crippen molar-refractivity contribution >= 4 is 27.9 Å². The van der Waals surface area contributed by atoms with Gasteiger partial charge in [0.25, 0.3) is 0 Å². The maximum Gasteiger partial charge on any atom is 0.312 e. The van der Waals surface area contributed by atoms with Crippen LogP contribution in [-0.2, 0) is 4.79 Å². The van der Waals surface area contributed by atoms with Crippen LogP contribution < -0.4 is 16.4 Å². The Kier molecular flexibility index (Phi) is 5.13. The third kappa shape index (κ3) is 6.15. The molecule has 0 heterocycles. The smallest absolute Gasteiger partial charge is 0.312 e. The lowest BCUT2D eigenvalue weighted by Crippen LogP contribution is -2.46. The van der Waals surface area contributed by atoms with Crippen LogP contribution in [0.3, 0.4) is 0 Å². The Morgan fingerprint density at radius 3 is 2.54 bits per heavy atom. The molecule has 5 nitrogen and oxygen atoms in total. The van der Waals surface area contributed by atoms with Gasteiger partial charge in [0, 0.05) is 11.0 Å². The van der Waals surface area contributed by atoms with E-state index in [-0.39, 0.29) is 5.91 Å². The fourth-order valence-corrected chi connectivity index (χ4v) is 0.755. The van der Waals surface area contributed by atoms with Crippen LogP contribution in [-0.4, -0.2) is 24.5 Å². The van der Waals surface area contributed by atoms with Crippen LogP contribution in [0.2, 0.25) is 0 Å². The molecule has 0 aromatic heterocycles. The summed E-state index contributed by atoms with van der Waals surface area (Å²) >= 11 is 3.08. The van der Waals surface area contributed by atoms with Crippen LogP contribution in [0.5, 0.6) is 0 Å². The summed E-state index contributed by atoms with van der Waals surface area (Å²) in [7, 11) is 0. The second kappa shape index (κ2) is 5.58. The molecule has 0 aliphatic carbocycles. The molecule has 13 heavy (non-hydrogen) atoms. The van der Waals surface area contributed by atoms with Gasteiger partial charge in [-0.25, -0.2) is 4.79 Å². The first-order valence-corrected chi connectivity index (χ1v) is 4.39. The van der Waals surface area contributed by atoms with E-state index >= 15 is 0 Å². The Morgan fingerprint density at radius 2 is 2.15 bits per heavy atom. The number of nitrogens with one attached hydrogen (secondary N) is 2. The Balaban J connectivity index is 3.82. The van der Waals surface area contributed by atoms with E-state index in [1.165, 1.54) is 6.92 Å². The average Bonchev–Trinajstić information content (AvgIpc) is 1.98. The topological polar surface area (TPSA) is 84.2 Å². The zero-order valence-electron chi connectivity index (χ0n) is 7.26. The number of hydrogen-bond acceptors (Lipinski definition) is 2. The molecule has 0 rings (SSSR count). The van der Waals surface area contributed by atoms with Crippen molar-refractivity contribution in [3.05, 3.63) is 11.1 Å². The van der Waals surface area contributed by atoms with Gasteiger partial charge in [-0.1, -0.05) is 22.5 Å². The van der Waals surface area contributed by atoms with Crippen molar-refractivity contribution in [1.82, 2.24) is 10.6 Å². The number of halogens is 1. The maximum absolute atomic E-state index is 11.1. The van der Waals surface area contributed by atoms with E-state index in [0.717, 1.165) is 0 Å². The van der Waals surface area contributed by atoms with Crippen LogP contribution >= 0.6 is 15.9 Å². The van der Waals surface area contributed by atoms with Gasteiger partial charge >= 0.3 is 6.03 Å². The molecule has 1 atom stereocenters. The third-order valence-corrected chi connectivity index (χ3v) is 1.49. The van der Waals surface area contributed by atoms with Gasteiger partial charge in [0.1, 0.15) is 6.04 Å². The van der Waals surface area contributed by atoms with Crippen molar-refractivity contribution in [3.8, 4) is 0 Å². The molecule has 4 N–H and O–H groups in total. The fourth-order valence-electron chi connectivity index (χ4n) is 0.615. The standard InChI is InChI=1S/C7H12BrN3O2/c1-4(8)3-10-6(12)5(2)11-7(9)13/h5H,1,3H2,2H3,(H,10,12)(H3,9,11,13). The lowest BCUT2D eigenvalue weighted by molar-refractivity contribution is -0.122. The molecule has 0 aromatic rings. The van der Waals surface area contributed by atoms with E-state index in [2.05, 4.69) is 33.1 Å². The van der Waals surface area contributed by atoms with E-state index < -0.39 is 12.1 Å². The summed E-state index contributed by atoms with van der Waals surface area (Å²) in [5, 5.41) is 4.78. The van der Waals surface area contributed by atoms with Crippen molar-refractivity contribution in [2.24, 2.45) is 5.73 Å². The first-order chi connectivity index (χ1) is 5.93. The molecule has 3 amide bonds. The molecule has 0 saturated carbocycles. The minimum Gasteiger partial charge on any atom is -0.352 e. The van der Waals surface area contributed by atoms with Crippen molar-refractivity contribution in [1.29, 1.82) is 0 Å². The number of rotatable bonds is 4. The van der Waals surface area contributed by atoms with Crippen LogP contribution in [0.4, 0.5) is 4.79 Å². The highest BCUT2D eigenvalue weighted by Gasteiger charge is 2.12. The molecule has 0 aliphatic heterocycles. The first kappa shape index (κ1) is 12.0. The number of hydrogen-bond donors (Lipinski definition) is 3. The van der Waals surface area contributed by atoms with Gasteiger partial charge in [0.2, 0.25) is 5.91 Å². The van der Waals surface area contributed by atoms with Gasteiger partial charge in [-0.05, 0) is 6.92 Å². The molecule has 0 radical (unpaired) electrons. The average molecular weight is 250 g/mol. The monoisotopic (exact) mass is 249 g/mol. The maximum atomic E-state index is 11.1. The predicted molar refractivity (Wildman–Crippen MR) is 53.3 cm³/mol. The summed E-state index contributed by atoms with van der Waals surface area (Å²) in [4.78, 5) is 21.5. The third-order valence-electron chi connectivity index (χ3n) is 1.21. The van der Waals surface area contributed by atoms with Crippen molar-refractivity contribution in [3.63, 3.8) is 0 Å². The summed E-state index contributed by atoms with van der Waals surface area (Å²) in [6.45, 7) is 5.40. The van der Waals surface area contributed by atoms with Gasteiger partial charge in [0.15, 0.2) is 0 Å². The van der Waals surface area contributed by atoms with Crippen LogP contribution in [0.25, 0.3) is 0 Å². The summed E-state index contributed by atoms with van der Waals surface area (Å²) in [6.07, 6.45) is 0. The highest BCUT2D eigenvalue weighted by molar-refractivity contribution is 9.11. The summed E-state index contributed by atoms with van der Waals surface area (Å²) in [5.41, 5.74) is 4.83. The highest BCUT2D eigenvalue weighted by Crippen LogP contribution is 1.96. The second-order valence-corrected chi connectivity index (χ2v) is 3.59. The minimum absolute atomic E-state index is 0.306. The largest absolute Gasteiger partial charge is 0.352 e. The molecule has 0 fully saturated rings. The summed E-state index contributed by atoms with van der Waals surface area (Å²) < 4.78 is 0.659. The number of primary amides is 1. The zero-order valence-corrected chi connectivity index (χ0v) is 8.85. The summed E-state index contributed by atoms with van der Waals surface area (Å²) in [5.74, 6) is -0.306. The number of nitrogens with two attached hydrogens (primary N) is 1. The number of urea groups is 1. The van der Waals surface area contributed by atoms with E-state index in [4.69, 9.17) is 5.73 Å². The van der Waals surface area contributed by atoms with E-state index in [1.54, 1.807) is 0 Å². The summed E-state index contributed by atoms with van der Waals surface area (Å²) in [6, 6.07) is -1.36. The molecule has 74 valence electrons. The Morgan fingerprint density at radius 1 is 1.62 bits per heavy atom. The Labute approximate surface area is 84.9 Å². The molecule has 0 aromatic carbocycles. The second-order valence-electron chi connectivity index (χ2n) is 2.47. The van der Waals surface area contributed by atoms with E-state index in [1.807, 2.05) is 0 Å². The van der Waals surface area contributed by atoms with Gasteiger partial charge in [-0.15, -0.1) is 0 Å². The van der Waals surface area contributed by atoms with E-state index in [0.29, 0.717) is 11.0 Å². The minimum atomic E-state index is -0.722. The van der Waals surface area contributed by atoms with Crippen LogP contribution in [0, 0.1) is 0 Å². The van der Waals surface area contributed by atoms with Crippen LogP contribution in [0.1, 0.15) is 6.92 Å². The van der Waals surface area contributed by atoms with E-state index in [9.17, 15) is 9.59 Å². The highest BCUT2D eigenvalue weighted by atomic mass is 79.9. The first-order valence-electron chi connectivity index (χ1n) is 3.60. The predicted octanol–water partition coefficient (Wildman–Crippen LogP) is 0.0680. The molecular weight excluding hydrogens is 238 g/mol. The molecule has 0 saturated heterocycles. The SMILES string of the molecule is C=C(Br)CNC(=O)C(C)NC(N)=O. The van der Waals surface area contributed by atoms with Gasteiger partial charge < -0.3 is 16.4 Å². The number of carbonyl (C=O) groups is 2. The zero-order chi connectivity index (χ0) is 10.4. The van der Waals surface area contributed by atoms with Crippen molar-refractivity contribution < 1.29 is 9.59 Å². The Bertz CT molecular complexity index is 230. The molecule has 0 spiro atoms. The fraction of sp³-hybridized carbons (Fsp3) is 0.429. The quantitative estimate of drug-likeness (QED) is 0.659. The lowest BCUT2D eigenvalue weighted by Gasteiger charge is -2.11. The lowest BCUT2D eigenvalue weighted by atomic mass is 10.3. The number of carbonyl (C=O) groups excluding carboxylic acids is 2. The van der Waals surface area contributed by atoms with Crippen molar-refractivity contribution in [2.45, 2.75) is 13.0 Å². The molecule has 1 unspecified atom stereocenters. The molecule has 0 aliphatic rings. The molecular formula is C7H12BrN3O2. The van der Waals surface area contributed by atoms with Crippen LogP contribution in [0.15, 0.2) is 11.1 Å². The molecule has 6 heteroatoms. The number of amides is 3. The molecule has 0 bridgehead atoms. The van der Waals surface area contributed by atoms with Crippen molar-refractivity contribution in [2.75, 3.05) is 6.54 Å². The normalized spacial score (nSPS) is 11.5. The van der Waals surface area contributed by atoms with Gasteiger partial charge in [0.05, 0.1) is 0 Å². The Hall–Kier alpha value is -1.04. The van der Waals surface area contributed by atoms with Gasteiger partial charge in [-0.2, -0.15) is 0 Å².